The monoisotopic (exact) mass is 549 g/mol. The van der Waals surface area contributed by atoms with Crippen molar-refractivity contribution in [2.45, 2.75) is 6.54 Å². The van der Waals surface area contributed by atoms with Crippen LogP contribution in [0.1, 0.15) is 5.56 Å². The maximum Gasteiger partial charge on any atom is 0.159 e. The quantitative estimate of drug-likeness (QED) is 0.222. The number of halogens is 1. The molecule has 41 heavy (non-hydrogen) atoms. The molecule has 0 bridgehead atoms. The van der Waals surface area contributed by atoms with Gasteiger partial charge in [-0.1, -0.05) is 12.1 Å². The Labute approximate surface area is 237 Å². The highest BCUT2D eigenvalue weighted by atomic mass is 19.1. The van der Waals surface area contributed by atoms with E-state index in [0.29, 0.717) is 18.1 Å². The predicted octanol–water partition coefficient (Wildman–Crippen LogP) is 5.40. The van der Waals surface area contributed by atoms with Gasteiger partial charge in [0, 0.05) is 54.2 Å². The van der Waals surface area contributed by atoms with Gasteiger partial charge in [-0.25, -0.2) is 9.37 Å². The Morgan fingerprint density at radius 3 is 2.61 bits per heavy atom. The molecule has 4 aromatic heterocycles. The SMILES string of the molecule is CN(C)CCNc1cc(F)cc(-c2cccc3[nH]c(-c4n[nH]c5cnc(-c6cncc(CN(C)C)c6)cc45)nc23)c1. The minimum atomic E-state index is -0.301. The number of fused-ring (bicyclic) bond motifs is 2. The van der Waals surface area contributed by atoms with Gasteiger partial charge in [0.1, 0.15) is 11.5 Å². The van der Waals surface area contributed by atoms with E-state index in [0.717, 1.165) is 68.7 Å². The van der Waals surface area contributed by atoms with Crippen molar-refractivity contribution in [3.8, 4) is 33.9 Å². The lowest BCUT2D eigenvalue weighted by atomic mass is 10.0. The lowest BCUT2D eigenvalue weighted by Gasteiger charge is -2.13. The molecule has 0 aliphatic rings. The number of nitrogens with zero attached hydrogens (tertiary/aromatic N) is 6. The third-order valence-corrected chi connectivity index (χ3v) is 6.87. The van der Waals surface area contributed by atoms with Gasteiger partial charge in [0.2, 0.25) is 0 Å². The first-order valence-electron chi connectivity index (χ1n) is 13.5. The van der Waals surface area contributed by atoms with Gasteiger partial charge in [-0.3, -0.25) is 15.1 Å². The van der Waals surface area contributed by atoms with Crippen molar-refractivity contribution in [1.82, 2.24) is 39.9 Å². The Morgan fingerprint density at radius 2 is 1.78 bits per heavy atom. The molecule has 6 rings (SSSR count). The summed E-state index contributed by atoms with van der Waals surface area (Å²) in [6, 6.07) is 15.0. The number of anilines is 1. The molecule has 0 unspecified atom stereocenters. The molecule has 6 aromatic rings. The number of nitrogens with one attached hydrogen (secondary N) is 3. The number of H-pyrrole nitrogens is 2. The van der Waals surface area contributed by atoms with E-state index in [9.17, 15) is 4.39 Å². The Kier molecular flexibility index (Phi) is 7.17. The van der Waals surface area contributed by atoms with Gasteiger partial charge < -0.3 is 20.1 Å². The second-order valence-electron chi connectivity index (χ2n) is 10.8. The van der Waals surface area contributed by atoms with Crippen LogP contribution in [0.3, 0.4) is 0 Å². The van der Waals surface area contributed by atoms with Crippen molar-refractivity contribution in [3.05, 3.63) is 78.5 Å². The first kappa shape index (κ1) is 26.5. The average molecular weight is 550 g/mol. The van der Waals surface area contributed by atoms with E-state index in [1.165, 1.54) is 6.07 Å². The van der Waals surface area contributed by atoms with Crippen LogP contribution in [0.2, 0.25) is 0 Å². The van der Waals surface area contributed by atoms with Gasteiger partial charge in [0.15, 0.2) is 5.82 Å². The number of para-hydroxylation sites is 1. The minimum absolute atomic E-state index is 0.301. The number of rotatable bonds is 9. The van der Waals surface area contributed by atoms with E-state index < -0.39 is 0 Å². The summed E-state index contributed by atoms with van der Waals surface area (Å²) in [5, 5.41) is 11.9. The minimum Gasteiger partial charge on any atom is -0.384 e. The van der Waals surface area contributed by atoms with E-state index in [1.54, 1.807) is 12.3 Å². The van der Waals surface area contributed by atoms with Crippen LogP contribution in [-0.2, 0) is 6.54 Å². The maximum absolute atomic E-state index is 14.7. The van der Waals surface area contributed by atoms with Gasteiger partial charge in [-0.2, -0.15) is 5.10 Å². The molecule has 0 aliphatic carbocycles. The fourth-order valence-electron chi connectivity index (χ4n) is 4.98. The summed E-state index contributed by atoms with van der Waals surface area (Å²) in [6.07, 6.45) is 5.48. The molecule has 9 nitrogen and oxygen atoms in total. The second-order valence-corrected chi connectivity index (χ2v) is 10.8. The maximum atomic E-state index is 14.7. The topological polar surface area (TPSA) is 102 Å². The fourth-order valence-corrected chi connectivity index (χ4v) is 4.98. The van der Waals surface area contributed by atoms with Crippen LogP contribution in [0, 0.1) is 5.82 Å². The van der Waals surface area contributed by atoms with E-state index in [1.807, 2.05) is 70.9 Å². The van der Waals surface area contributed by atoms with Crippen molar-refractivity contribution in [1.29, 1.82) is 0 Å². The zero-order valence-electron chi connectivity index (χ0n) is 23.5. The number of imidazole rings is 1. The van der Waals surface area contributed by atoms with Crippen molar-refractivity contribution >= 4 is 27.6 Å². The molecular formula is C31H32FN9. The molecule has 4 heterocycles. The van der Waals surface area contributed by atoms with Gasteiger partial charge in [0.25, 0.3) is 0 Å². The van der Waals surface area contributed by atoms with Gasteiger partial charge in [-0.05, 0) is 75.7 Å². The van der Waals surface area contributed by atoms with E-state index in [4.69, 9.17) is 4.98 Å². The molecule has 2 aromatic carbocycles. The molecule has 0 fully saturated rings. The average Bonchev–Trinajstić information content (AvgIpc) is 3.56. The third-order valence-electron chi connectivity index (χ3n) is 6.87. The Hall–Kier alpha value is -4.67. The molecular weight excluding hydrogens is 517 g/mol. The van der Waals surface area contributed by atoms with Crippen molar-refractivity contribution in [2.24, 2.45) is 0 Å². The second kappa shape index (κ2) is 11.1. The Bertz CT molecular complexity index is 1840. The summed E-state index contributed by atoms with van der Waals surface area (Å²) in [6.45, 7) is 2.35. The molecule has 0 saturated carbocycles. The molecule has 3 N–H and O–H groups in total. The van der Waals surface area contributed by atoms with Crippen LogP contribution in [0.25, 0.3) is 55.8 Å². The number of aromatic amines is 2. The third kappa shape index (κ3) is 5.65. The molecule has 0 radical (unpaired) electrons. The summed E-state index contributed by atoms with van der Waals surface area (Å²) in [5.41, 5.74) is 8.26. The summed E-state index contributed by atoms with van der Waals surface area (Å²) in [4.78, 5) is 21.6. The number of benzene rings is 2. The number of likely N-dealkylation sites (N-methyl/N-ethyl adjacent to an activating group) is 1. The molecule has 208 valence electrons. The Morgan fingerprint density at radius 1 is 0.902 bits per heavy atom. The summed E-state index contributed by atoms with van der Waals surface area (Å²) >= 11 is 0. The Balaban J connectivity index is 1.37. The zero-order chi connectivity index (χ0) is 28.5. The van der Waals surface area contributed by atoms with Gasteiger partial charge in [-0.15, -0.1) is 0 Å². The number of hydrogen-bond donors (Lipinski definition) is 3. The van der Waals surface area contributed by atoms with Crippen LogP contribution in [0.4, 0.5) is 10.1 Å². The van der Waals surface area contributed by atoms with Gasteiger partial charge >= 0.3 is 0 Å². The van der Waals surface area contributed by atoms with Crippen LogP contribution in [-0.4, -0.2) is 81.2 Å². The lowest BCUT2D eigenvalue weighted by Crippen LogP contribution is -2.20. The highest BCUT2D eigenvalue weighted by Crippen LogP contribution is 2.33. The molecule has 0 aliphatic heterocycles. The van der Waals surface area contributed by atoms with Crippen molar-refractivity contribution in [2.75, 3.05) is 46.6 Å². The van der Waals surface area contributed by atoms with Crippen LogP contribution in [0.5, 0.6) is 0 Å². The van der Waals surface area contributed by atoms with Crippen molar-refractivity contribution in [3.63, 3.8) is 0 Å². The lowest BCUT2D eigenvalue weighted by molar-refractivity contribution is 0.402. The van der Waals surface area contributed by atoms with E-state index >= 15 is 0 Å². The largest absolute Gasteiger partial charge is 0.384 e. The highest BCUT2D eigenvalue weighted by Gasteiger charge is 2.17. The van der Waals surface area contributed by atoms with Crippen molar-refractivity contribution < 1.29 is 4.39 Å². The molecule has 10 heteroatoms. The van der Waals surface area contributed by atoms with E-state index in [-0.39, 0.29) is 5.82 Å². The molecule has 0 saturated heterocycles. The normalized spacial score (nSPS) is 11.8. The number of aromatic nitrogens is 6. The summed E-state index contributed by atoms with van der Waals surface area (Å²) in [5.74, 6) is 0.321. The standard InChI is InChI=1S/C31H32FN9/c1-40(2)9-8-34-23-12-20(11-22(32)13-23)24-6-5-7-26-29(24)37-31(36-26)30-25-14-27(35-17-28(25)38-39-30)21-10-19(15-33-16-21)18-41(3)4/h5-7,10-17,34H,8-9,18H2,1-4H3,(H,36,37)(H,38,39). The zero-order valence-corrected chi connectivity index (χ0v) is 23.5. The summed E-state index contributed by atoms with van der Waals surface area (Å²) < 4.78 is 14.7. The van der Waals surface area contributed by atoms with Crippen LogP contribution in [0.15, 0.2) is 67.1 Å². The van der Waals surface area contributed by atoms with Crippen LogP contribution < -0.4 is 5.32 Å². The van der Waals surface area contributed by atoms with Crippen LogP contribution >= 0.6 is 0 Å². The predicted molar refractivity (Wildman–Crippen MR) is 162 cm³/mol. The number of hydrogen-bond acceptors (Lipinski definition) is 7. The van der Waals surface area contributed by atoms with Gasteiger partial charge in [0.05, 0.1) is 28.4 Å². The van der Waals surface area contributed by atoms with E-state index in [2.05, 4.69) is 46.3 Å². The fraction of sp³-hybridized carbons (Fsp3) is 0.226. The first-order chi connectivity index (χ1) is 19.8. The molecule has 0 amide bonds. The first-order valence-corrected chi connectivity index (χ1v) is 13.5. The summed E-state index contributed by atoms with van der Waals surface area (Å²) in [7, 11) is 8.08. The molecule has 0 spiro atoms. The highest BCUT2D eigenvalue weighted by molar-refractivity contribution is 5.98. The smallest absolute Gasteiger partial charge is 0.159 e. The number of pyridine rings is 2. The molecule has 0 atom stereocenters.